The number of rotatable bonds is 10. The molecule has 1 aliphatic heterocycles. The molecule has 176 valence electrons. The number of hydrogen-bond acceptors (Lipinski definition) is 4. The molecule has 1 rings (SSSR count). The van der Waals surface area contributed by atoms with Crippen molar-refractivity contribution in [3.63, 3.8) is 0 Å². The lowest BCUT2D eigenvalue weighted by molar-refractivity contribution is -0.261. The molecule has 0 aromatic heterocycles. The van der Waals surface area contributed by atoms with Crippen molar-refractivity contribution in [2.45, 2.75) is 124 Å². The van der Waals surface area contributed by atoms with Gasteiger partial charge < -0.3 is 15.6 Å². The second-order valence-electron chi connectivity index (χ2n) is 10.9. The van der Waals surface area contributed by atoms with E-state index in [-0.39, 0.29) is 35.4 Å². The number of hydrogen-bond donors (Lipinski definition) is 3. The normalized spacial score (nSPS) is 27.4. The Labute approximate surface area is 185 Å². The summed E-state index contributed by atoms with van der Waals surface area (Å²) in [6.45, 7) is 18.5. The standard InChI is InChI=1S/C25H48N2O3/c1-10-21(28)15-14-17(2)12-11-13-18(3)19(4)23(29)26-22-16-24(6,7)27(30)25(8,9)20(22)5/h13,17,19-22,28,30H,10-12,14-16H2,1-9H3,(H,26,29). The number of aliphatic hydroxyl groups is 1. The van der Waals surface area contributed by atoms with Crippen molar-refractivity contribution in [3.8, 4) is 0 Å². The van der Waals surface area contributed by atoms with Gasteiger partial charge in [0.15, 0.2) is 0 Å². The molecule has 0 saturated carbocycles. The smallest absolute Gasteiger partial charge is 0.227 e. The molecule has 1 heterocycles. The van der Waals surface area contributed by atoms with Gasteiger partial charge in [0, 0.05) is 17.1 Å². The summed E-state index contributed by atoms with van der Waals surface area (Å²) in [4.78, 5) is 13.0. The summed E-state index contributed by atoms with van der Waals surface area (Å²) in [5.41, 5.74) is 0.317. The van der Waals surface area contributed by atoms with Crippen LogP contribution in [0.5, 0.6) is 0 Å². The molecular formula is C25H48N2O3. The van der Waals surface area contributed by atoms with Crippen LogP contribution >= 0.6 is 0 Å². The predicted octanol–water partition coefficient (Wildman–Crippen LogP) is 5.31. The monoisotopic (exact) mass is 424 g/mol. The second-order valence-corrected chi connectivity index (χ2v) is 10.9. The summed E-state index contributed by atoms with van der Waals surface area (Å²) in [5, 5.41) is 25.1. The van der Waals surface area contributed by atoms with E-state index in [1.165, 1.54) is 5.06 Å². The summed E-state index contributed by atoms with van der Waals surface area (Å²) in [7, 11) is 0. The van der Waals surface area contributed by atoms with Gasteiger partial charge in [0.1, 0.15) is 0 Å². The second kappa shape index (κ2) is 11.1. The molecule has 0 radical (unpaired) electrons. The zero-order chi connectivity index (χ0) is 23.3. The van der Waals surface area contributed by atoms with Gasteiger partial charge in [-0.1, -0.05) is 32.4 Å². The first-order valence-corrected chi connectivity index (χ1v) is 11.9. The van der Waals surface area contributed by atoms with Gasteiger partial charge in [0.25, 0.3) is 0 Å². The van der Waals surface area contributed by atoms with Crippen LogP contribution in [0.3, 0.4) is 0 Å². The molecule has 1 amide bonds. The van der Waals surface area contributed by atoms with Crippen LogP contribution in [0.2, 0.25) is 0 Å². The molecule has 0 aromatic rings. The molecule has 1 fully saturated rings. The van der Waals surface area contributed by atoms with Crippen LogP contribution in [0.1, 0.15) is 101 Å². The number of nitrogens with one attached hydrogen (secondary N) is 1. The molecule has 1 aliphatic rings. The van der Waals surface area contributed by atoms with Crippen LogP contribution in [0.4, 0.5) is 0 Å². The highest BCUT2D eigenvalue weighted by Crippen LogP contribution is 2.40. The number of aliphatic hydroxyl groups excluding tert-OH is 1. The van der Waals surface area contributed by atoms with E-state index in [1.54, 1.807) is 0 Å². The summed E-state index contributed by atoms with van der Waals surface area (Å²) in [6, 6.07) is 0.0335. The Morgan fingerprint density at radius 2 is 1.80 bits per heavy atom. The lowest BCUT2D eigenvalue weighted by atomic mass is 9.71. The van der Waals surface area contributed by atoms with E-state index in [0.717, 1.165) is 44.1 Å². The van der Waals surface area contributed by atoms with Crippen molar-refractivity contribution < 1.29 is 15.1 Å². The van der Waals surface area contributed by atoms with Crippen molar-refractivity contribution in [1.29, 1.82) is 0 Å². The van der Waals surface area contributed by atoms with Crippen molar-refractivity contribution in [3.05, 3.63) is 11.6 Å². The van der Waals surface area contributed by atoms with E-state index in [9.17, 15) is 15.1 Å². The van der Waals surface area contributed by atoms with Crippen LogP contribution < -0.4 is 5.32 Å². The van der Waals surface area contributed by atoms with Crippen LogP contribution in [-0.2, 0) is 4.79 Å². The maximum atomic E-state index is 13.0. The van der Waals surface area contributed by atoms with E-state index in [2.05, 4.69) is 25.2 Å². The lowest BCUT2D eigenvalue weighted by Gasteiger charge is -2.55. The van der Waals surface area contributed by atoms with Gasteiger partial charge in [-0.05, 0) is 91.9 Å². The number of amides is 1. The van der Waals surface area contributed by atoms with E-state index >= 15 is 0 Å². The molecule has 5 heteroatoms. The van der Waals surface area contributed by atoms with Gasteiger partial charge in [-0.15, -0.1) is 0 Å². The summed E-state index contributed by atoms with van der Waals surface area (Å²) in [5.74, 6) is 0.620. The SMILES string of the molecule is CCC(O)CCC(C)CCC=C(C)C(C)C(=O)NC1CC(C)(C)N(O)C(C)(C)C1C. The van der Waals surface area contributed by atoms with Gasteiger partial charge in [-0.3, -0.25) is 4.79 Å². The quantitative estimate of drug-likeness (QED) is 0.416. The Hall–Kier alpha value is -0.910. The first-order valence-electron chi connectivity index (χ1n) is 11.9. The van der Waals surface area contributed by atoms with Crippen LogP contribution in [-0.4, -0.2) is 44.5 Å². The number of carbonyl (C=O) groups excluding carboxylic acids is 1. The third kappa shape index (κ3) is 7.06. The lowest BCUT2D eigenvalue weighted by Crippen LogP contribution is -2.67. The van der Waals surface area contributed by atoms with Crippen molar-refractivity contribution >= 4 is 5.91 Å². The molecule has 5 unspecified atom stereocenters. The Bertz CT molecular complexity index is 585. The Kier molecular flexibility index (Phi) is 10.0. The molecule has 0 aliphatic carbocycles. The van der Waals surface area contributed by atoms with Crippen LogP contribution in [0.25, 0.3) is 0 Å². The van der Waals surface area contributed by atoms with Crippen LogP contribution in [0, 0.1) is 17.8 Å². The highest BCUT2D eigenvalue weighted by molar-refractivity contribution is 5.81. The van der Waals surface area contributed by atoms with Gasteiger partial charge >= 0.3 is 0 Å². The third-order valence-corrected chi connectivity index (χ3v) is 7.55. The maximum absolute atomic E-state index is 13.0. The topological polar surface area (TPSA) is 72.8 Å². The molecule has 0 bridgehead atoms. The number of piperidine rings is 1. The maximum Gasteiger partial charge on any atom is 0.227 e. The van der Waals surface area contributed by atoms with Crippen molar-refractivity contribution in [2.24, 2.45) is 17.8 Å². The Balaban J connectivity index is 2.61. The van der Waals surface area contributed by atoms with Gasteiger partial charge in [-0.2, -0.15) is 5.06 Å². The first-order chi connectivity index (χ1) is 13.7. The fourth-order valence-electron chi connectivity index (χ4n) is 4.55. The molecular weight excluding hydrogens is 376 g/mol. The van der Waals surface area contributed by atoms with E-state index in [1.807, 2.05) is 48.5 Å². The minimum atomic E-state index is -0.407. The molecule has 1 saturated heterocycles. The van der Waals surface area contributed by atoms with Crippen LogP contribution in [0.15, 0.2) is 11.6 Å². The molecule has 0 aromatic carbocycles. The Morgan fingerprint density at radius 3 is 2.37 bits per heavy atom. The zero-order valence-electron chi connectivity index (χ0n) is 21.0. The van der Waals surface area contributed by atoms with Gasteiger partial charge in [-0.25, -0.2) is 0 Å². The fourth-order valence-corrected chi connectivity index (χ4v) is 4.55. The average molecular weight is 425 g/mol. The first kappa shape index (κ1) is 27.1. The number of carbonyl (C=O) groups is 1. The van der Waals surface area contributed by atoms with E-state index in [0.29, 0.717) is 5.92 Å². The van der Waals surface area contributed by atoms with Crippen molar-refractivity contribution in [1.82, 2.24) is 10.4 Å². The number of allylic oxidation sites excluding steroid dienone is 1. The minimum absolute atomic E-state index is 0.0335. The number of nitrogens with zero attached hydrogens (tertiary/aromatic N) is 1. The molecule has 5 atom stereocenters. The van der Waals surface area contributed by atoms with Gasteiger partial charge in [0.05, 0.1) is 12.0 Å². The summed E-state index contributed by atoms with van der Waals surface area (Å²) in [6.07, 6.45) is 7.53. The zero-order valence-corrected chi connectivity index (χ0v) is 21.0. The fraction of sp³-hybridized carbons (Fsp3) is 0.880. The molecule has 0 spiro atoms. The summed E-state index contributed by atoms with van der Waals surface area (Å²) < 4.78 is 0. The Morgan fingerprint density at radius 1 is 1.20 bits per heavy atom. The molecule has 30 heavy (non-hydrogen) atoms. The predicted molar refractivity (Wildman–Crippen MR) is 124 cm³/mol. The van der Waals surface area contributed by atoms with Gasteiger partial charge in [0.2, 0.25) is 5.91 Å². The highest BCUT2D eigenvalue weighted by atomic mass is 16.5. The largest absolute Gasteiger partial charge is 0.393 e. The number of hydroxylamine groups is 2. The third-order valence-electron chi connectivity index (χ3n) is 7.55. The molecule has 5 nitrogen and oxygen atoms in total. The molecule has 3 N–H and O–H groups in total. The van der Waals surface area contributed by atoms with Crippen molar-refractivity contribution in [2.75, 3.05) is 0 Å². The average Bonchev–Trinajstić information content (AvgIpc) is 2.68. The van der Waals surface area contributed by atoms with E-state index < -0.39 is 5.54 Å². The highest BCUT2D eigenvalue weighted by Gasteiger charge is 2.50. The minimum Gasteiger partial charge on any atom is -0.393 e. The summed E-state index contributed by atoms with van der Waals surface area (Å²) >= 11 is 0. The van der Waals surface area contributed by atoms with E-state index in [4.69, 9.17) is 0 Å².